The van der Waals surface area contributed by atoms with E-state index in [-0.39, 0.29) is 12.6 Å². The van der Waals surface area contributed by atoms with Gasteiger partial charge >= 0.3 is 0 Å². The van der Waals surface area contributed by atoms with Gasteiger partial charge in [0.15, 0.2) is 0 Å². The summed E-state index contributed by atoms with van der Waals surface area (Å²) in [6, 6.07) is 0.924. The van der Waals surface area contributed by atoms with Gasteiger partial charge in [-0.3, -0.25) is 0 Å². The van der Waals surface area contributed by atoms with Crippen LogP contribution in [0.4, 0.5) is 0 Å². The van der Waals surface area contributed by atoms with Crippen molar-refractivity contribution in [3.05, 3.63) is 0 Å². The van der Waals surface area contributed by atoms with Crippen molar-refractivity contribution in [2.45, 2.75) is 58.0 Å². The quantitative estimate of drug-likeness (QED) is 0.701. The second-order valence-electron chi connectivity index (χ2n) is 4.38. The van der Waals surface area contributed by atoms with E-state index in [1.165, 1.54) is 32.1 Å². The average molecular weight is 185 g/mol. The molecule has 0 saturated heterocycles. The Morgan fingerprint density at radius 3 is 2.38 bits per heavy atom. The van der Waals surface area contributed by atoms with Crippen molar-refractivity contribution < 1.29 is 5.11 Å². The van der Waals surface area contributed by atoms with Gasteiger partial charge in [-0.05, 0) is 38.5 Å². The number of hydrogen-bond donors (Lipinski definition) is 2. The first-order valence-electron chi connectivity index (χ1n) is 5.63. The minimum Gasteiger partial charge on any atom is -0.395 e. The number of aliphatic hydroxyl groups excluding tert-OH is 1. The fraction of sp³-hybridized carbons (Fsp3) is 1.00. The first-order valence-corrected chi connectivity index (χ1v) is 5.63. The molecule has 0 aromatic carbocycles. The molecule has 0 radical (unpaired) electrons. The van der Waals surface area contributed by atoms with Gasteiger partial charge in [-0.25, -0.2) is 0 Å². The minimum absolute atomic E-state index is 0.258. The van der Waals surface area contributed by atoms with E-state index in [0.717, 1.165) is 5.92 Å². The number of nitrogens with one attached hydrogen (secondary N) is 1. The van der Waals surface area contributed by atoms with E-state index < -0.39 is 0 Å². The predicted molar refractivity (Wildman–Crippen MR) is 55.7 cm³/mol. The van der Waals surface area contributed by atoms with Crippen LogP contribution in [-0.4, -0.2) is 23.8 Å². The van der Waals surface area contributed by atoms with Crippen LogP contribution in [0.2, 0.25) is 0 Å². The van der Waals surface area contributed by atoms with E-state index in [1.807, 2.05) is 6.92 Å². The highest BCUT2D eigenvalue weighted by Crippen LogP contribution is 2.26. The summed E-state index contributed by atoms with van der Waals surface area (Å²) in [5, 5.41) is 12.4. The Labute approximate surface area is 81.7 Å². The number of rotatable bonds is 4. The van der Waals surface area contributed by atoms with Gasteiger partial charge in [0.1, 0.15) is 0 Å². The molecule has 1 fully saturated rings. The maximum Gasteiger partial charge on any atom is 0.0582 e. The molecule has 0 aromatic heterocycles. The monoisotopic (exact) mass is 185 g/mol. The third-order valence-electron chi connectivity index (χ3n) is 3.22. The molecular formula is C11H23NO. The topological polar surface area (TPSA) is 32.3 Å². The molecule has 0 aromatic rings. The molecule has 0 spiro atoms. The standard InChI is InChI=1S/C11H23NO/c1-3-10-4-6-11(7-5-10)12-9(2)8-13/h9-13H,3-8H2,1-2H3/t9-,10?,11?/m0/s1. The van der Waals surface area contributed by atoms with Crippen molar-refractivity contribution in [1.82, 2.24) is 5.32 Å². The van der Waals surface area contributed by atoms with Crippen LogP contribution in [-0.2, 0) is 0 Å². The molecule has 1 atom stereocenters. The third-order valence-corrected chi connectivity index (χ3v) is 3.22. The highest BCUT2D eigenvalue weighted by molar-refractivity contribution is 4.78. The molecule has 1 saturated carbocycles. The van der Waals surface area contributed by atoms with Crippen LogP contribution in [0.3, 0.4) is 0 Å². The van der Waals surface area contributed by atoms with Gasteiger partial charge in [-0.15, -0.1) is 0 Å². The lowest BCUT2D eigenvalue weighted by atomic mass is 9.84. The zero-order chi connectivity index (χ0) is 9.68. The molecule has 1 rings (SSSR count). The Hall–Kier alpha value is -0.0800. The largest absolute Gasteiger partial charge is 0.395 e. The lowest BCUT2D eigenvalue weighted by Crippen LogP contribution is -2.40. The molecule has 0 amide bonds. The third kappa shape index (κ3) is 3.65. The minimum atomic E-state index is 0.258. The fourth-order valence-electron chi connectivity index (χ4n) is 2.19. The molecule has 0 unspecified atom stereocenters. The molecule has 78 valence electrons. The summed E-state index contributed by atoms with van der Waals surface area (Å²) in [6.07, 6.45) is 6.66. The molecule has 0 bridgehead atoms. The molecule has 0 heterocycles. The van der Waals surface area contributed by atoms with Crippen molar-refractivity contribution in [1.29, 1.82) is 0 Å². The summed E-state index contributed by atoms with van der Waals surface area (Å²) in [7, 11) is 0. The van der Waals surface area contributed by atoms with Crippen LogP contribution < -0.4 is 5.32 Å². The number of hydrogen-bond acceptors (Lipinski definition) is 2. The summed E-state index contributed by atoms with van der Waals surface area (Å²) < 4.78 is 0. The first-order chi connectivity index (χ1) is 6.26. The SMILES string of the molecule is CCC1CCC(N[C@@H](C)CO)CC1. The van der Waals surface area contributed by atoms with E-state index in [9.17, 15) is 0 Å². The average Bonchev–Trinajstić information content (AvgIpc) is 2.19. The van der Waals surface area contributed by atoms with Crippen LogP contribution in [0, 0.1) is 5.92 Å². The molecule has 1 aliphatic carbocycles. The summed E-state index contributed by atoms with van der Waals surface area (Å²) >= 11 is 0. The van der Waals surface area contributed by atoms with Gasteiger partial charge in [0, 0.05) is 12.1 Å². The molecule has 2 N–H and O–H groups in total. The van der Waals surface area contributed by atoms with Crippen LogP contribution in [0.5, 0.6) is 0 Å². The zero-order valence-corrected chi connectivity index (χ0v) is 8.92. The Bertz CT molecular complexity index is 130. The predicted octanol–water partition coefficient (Wildman–Crippen LogP) is 1.93. The van der Waals surface area contributed by atoms with E-state index >= 15 is 0 Å². The Kier molecular flexibility index (Phi) is 4.74. The highest BCUT2D eigenvalue weighted by Gasteiger charge is 2.20. The van der Waals surface area contributed by atoms with Gasteiger partial charge in [0.25, 0.3) is 0 Å². The fourth-order valence-corrected chi connectivity index (χ4v) is 2.19. The Morgan fingerprint density at radius 1 is 1.31 bits per heavy atom. The van der Waals surface area contributed by atoms with E-state index in [0.29, 0.717) is 6.04 Å². The summed E-state index contributed by atoms with van der Waals surface area (Å²) in [5.41, 5.74) is 0. The van der Waals surface area contributed by atoms with E-state index in [4.69, 9.17) is 5.11 Å². The first kappa shape index (κ1) is 11.0. The number of aliphatic hydroxyl groups is 1. The Balaban J connectivity index is 2.17. The van der Waals surface area contributed by atoms with Crippen LogP contribution >= 0.6 is 0 Å². The highest BCUT2D eigenvalue weighted by atomic mass is 16.3. The molecule has 1 aliphatic rings. The van der Waals surface area contributed by atoms with Crippen molar-refractivity contribution in [2.75, 3.05) is 6.61 Å². The maximum atomic E-state index is 8.90. The molecule has 2 nitrogen and oxygen atoms in total. The summed E-state index contributed by atoms with van der Waals surface area (Å²) in [5.74, 6) is 0.961. The van der Waals surface area contributed by atoms with E-state index in [1.54, 1.807) is 0 Å². The Morgan fingerprint density at radius 2 is 1.92 bits per heavy atom. The van der Waals surface area contributed by atoms with Gasteiger partial charge in [-0.1, -0.05) is 13.3 Å². The van der Waals surface area contributed by atoms with Crippen LogP contribution in [0.1, 0.15) is 46.0 Å². The van der Waals surface area contributed by atoms with Gasteiger partial charge in [-0.2, -0.15) is 0 Å². The lowest BCUT2D eigenvalue weighted by molar-refractivity contribution is 0.214. The molecule has 0 aliphatic heterocycles. The zero-order valence-electron chi connectivity index (χ0n) is 8.92. The van der Waals surface area contributed by atoms with Crippen molar-refractivity contribution in [3.8, 4) is 0 Å². The van der Waals surface area contributed by atoms with Gasteiger partial charge < -0.3 is 10.4 Å². The van der Waals surface area contributed by atoms with Gasteiger partial charge in [0.05, 0.1) is 6.61 Å². The summed E-state index contributed by atoms with van der Waals surface area (Å²) in [4.78, 5) is 0. The maximum absolute atomic E-state index is 8.90. The normalized spacial score (nSPS) is 31.6. The molecular weight excluding hydrogens is 162 g/mol. The van der Waals surface area contributed by atoms with Gasteiger partial charge in [0.2, 0.25) is 0 Å². The molecule has 13 heavy (non-hydrogen) atoms. The van der Waals surface area contributed by atoms with E-state index in [2.05, 4.69) is 12.2 Å². The molecule has 2 heteroatoms. The smallest absolute Gasteiger partial charge is 0.0582 e. The second kappa shape index (κ2) is 5.61. The van der Waals surface area contributed by atoms with Crippen LogP contribution in [0.25, 0.3) is 0 Å². The summed E-state index contributed by atoms with van der Waals surface area (Å²) in [6.45, 7) is 4.59. The van der Waals surface area contributed by atoms with Crippen molar-refractivity contribution in [3.63, 3.8) is 0 Å². The lowest BCUT2D eigenvalue weighted by Gasteiger charge is -2.30. The second-order valence-corrected chi connectivity index (χ2v) is 4.38. The van der Waals surface area contributed by atoms with Crippen molar-refractivity contribution in [2.24, 2.45) is 5.92 Å². The van der Waals surface area contributed by atoms with Crippen LogP contribution in [0.15, 0.2) is 0 Å². The van der Waals surface area contributed by atoms with Crippen molar-refractivity contribution >= 4 is 0 Å².